The summed E-state index contributed by atoms with van der Waals surface area (Å²) >= 11 is 3.23. The molecule has 20 heavy (non-hydrogen) atoms. The predicted molar refractivity (Wildman–Crippen MR) is 77.1 cm³/mol. The number of carbonyl (C=O) groups is 1. The molecular formula is C14H17BrFNO3. The Kier molecular flexibility index (Phi) is 5.51. The van der Waals surface area contributed by atoms with Gasteiger partial charge >= 0.3 is 0 Å². The van der Waals surface area contributed by atoms with E-state index in [-0.39, 0.29) is 17.7 Å². The van der Waals surface area contributed by atoms with Gasteiger partial charge in [-0.15, -0.1) is 0 Å². The molecule has 1 fully saturated rings. The number of carbonyl (C=O) groups excluding carboxylic acids is 1. The number of hydrogen-bond acceptors (Lipinski definition) is 3. The van der Waals surface area contributed by atoms with Gasteiger partial charge in [-0.25, -0.2) is 4.39 Å². The van der Waals surface area contributed by atoms with Crippen LogP contribution in [0.25, 0.3) is 0 Å². The van der Waals surface area contributed by atoms with Gasteiger partial charge in [-0.05, 0) is 38.0 Å². The van der Waals surface area contributed by atoms with Crippen molar-refractivity contribution in [1.82, 2.24) is 0 Å². The van der Waals surface area contributed by atoms with Gasteiger partial charge in [0.15, 0.2) is 0 Å². The monoisotopic (exact) mass is 345 g/mol. The van der Waals surface area contributed by atoms with E-state index in [9.17, 15) is 9.18 Å². The van der Waals surface area contributed by atoms with E-state index in [1.807, 2.05) is 0 Å². The number of amides is 1. The van der Waals surface area contributed by atoms with E-state index in [1.165, 1.54) is 12.1 Å². The summed E-state index contributed by atoms with van der Waals surface area (Å²) in [6.45, 7) is 2.77. The van der Waals surface area contributed by atoms with Crippen LogP contribution in [0.2, 0.25) is 0 Å². The first-order valence-electron chi connectivity index (χ1n) is 6.55. The minimum atomic E-state index is -0.655. The molecule has 4 nitrogen and oxygen atoms in total. The highest BCUT2D eigenvalue weighted by Gasteiger charge is 2.20. The van der Waals surface area contributed by atoms with E-state index in [4.69, 9.17) is 9.47 Å². The van der Waals surface area contributed by atoms with Gasteiger partial charge in [-0.3, -0.25) is 4.79 Å². The zero-order chi connectivity index (χ0) is 14.5. The third-order valence-electron chi connectivity index (χ3n) is 3.11. The summed E-state index contributed by atoms with van der Waals surface area (Å²) < 4.78 is 25.1. The zero-order valence-electron chi connectivity index (χ0n) is 11.2. The zero-order valence-corrected chi connectivity index (χ0v) is 12.8. The number of benzene rings is 1. The van der Waals surface area contributed by atoms with Gasteiger partial charge < -0.3 is 14.8 Å². The summed E-state index contributed by atoms with van der Waals surface area (Å²) in [5.41, 5.74) is 0.136. The molecule has 0 bridgehead atoms. The number of halogens is 2. The molecule has 1 aliphatic rings. The molecule has 1 aliphatic heterocycles. The fourth-order valence-corrected chi connectivity index (χ4v) is 2.29. The van der Waals surface area contributed by atoms with Crippen LogP contribution in [0.4, 0.5) is 10.1 Å². The molecule has 1 N–H and O–H groups in total. The standard InChI is InChI=1S/C14H17BrFNO3/c1-9(20-8-11-3-2-6-19-11)14(18)17-13-7-10(15)4-5-12(13)16/h4-5,7,9,11H,2-3,6,8H2,1H3,(H,17,18)/t9-,11-/m1/s1. The van der Waals surface area contributed by atoms with E-state index in [0.717, 1.165) is 19.4 Å². The predicted octanol–water partition coefficient (Wildman–Crippen LogP) is 3.11. The van der Waals surface area contributed by atoms with Crippen LogP contribution in [-0.4, -0.2) is 31.3 Å². The number of ether oxygens (including phenoxy) is 2. The van der Waals surface area contributed by atoms with E-state index in [0.29, 0.717) is 11.1 Å². The lowest BCUT2D eigenvalue weighted by atomic mass is 10.2. The molecule has 1 amide bonds. The van der Waals surface area contributed by atoms with Gasteiger partial charge in [0.25, 0.3) is 5.91 Å². The molecule has 1 aromatic rings. The van der Waals surface area contributed by atoms with Crippen molar-refractivity contribution in [3.63, 3.8) is 0 Å². The van der Waals surface area contributed by atoms with Crippen molar-refractivity contribution in [3.05, 3.63) is 28.5 Å². The van der Waals surface area contributed by atoms with Crippen molar-refractivity contribution >= 4 is 27.5 Å². The minimum absolute atomic E-state index is 0.0628. The van der Waals surface area contributed by atoms with Gasteiger partial charge in [0.05, 0.1) is 18.4 Å². The number of anilines is 1. The largest absolute Gasteiger partial charge is 0.376 e. The van der Waals surface area contributed by atoms with E-state index in [2.05, 4.69) is 21.2 Å². The van der Waals surface area contributed by atoms with E-state index < -0.39 is 11.9 Å². The summed E-state index contributed by atoms with van der Waals surface area (Å²) in [6, 6.07) is 4.37. The summed E-state index contributed by atoms with van der Waals surface area (Å²) in [4.78, 5) is 11.9. The second-order valence-corrected chi connectivity index (χ2v) is 5.64. The second-order valence-electron chi connectivity index (χ2n) is 4.72. The van der Waals surface area contributed by atoms with Crippen LogP contribution in [0.15, 0.2) is 22.7 Å². The third-order valence-corrected chi connectivity index (χ3v) is 3.60. The van der Waals surface area contributed by atoms with Gasteiger partial charge in [-0.1, -0.05) is 15.9 Å². The highest BCUT2D eigenvalue weighted by Crippen LogP contribution is 2.20. The maximum atomic E-state index is 13.5. The Balaban J connectivity index is 1.85. The maximum Gasteiger partial charge on any atom is 0.253 e. The molecule has 2 rings (SSSR count). The molecule has 0 unspecified atom stereocenters. The summed E-state index contributed by atoms with van der Waals surface area (Å²) in [5.74, 6) is -0.854. The van der Waals surface area contributed by atoms with Crippen molar-refractivity contribution in [1.29, 1.82) is 0 Å². The van der Waals surface area contributed by atoms with Crippen molar-refractivity contribution in [3.8, 4) is 0 Å². The van der Waals surface area contributed by atoms with Gasteiger partial charge in [-0.2, -0.15) is 0 Å². The van der Waals surface area contributed by atoms with Crippen LogP contribution in [-0.2, 0) is 14.3 Å². The Morgan fingerprint density at radius 3 is 3.15 bits per heavy atom. The molecule has 0 spiro atoms. The van der Waals surface area contributed by atoms with Crippen molar-refractivity contribution in [2.45, 2.75) is 32.0 Å². The Bertz CT molecular complexity index is 477. The summed E-state index contributed by atoms with van der Waals surface area (Å²) in [5, 5.41) is 2.52. The van der Waals surface area contributed by atoms with Crippen molar-refractivity contribution < 1.29 is 18.7 Å². The number of hydrogen-bond donors (Lipinski definition) is 1. The van der Waals surface area contributed by atoms with Crippen LogP contribution in [0.1, 0.15) is 19.8 Å². The summed E-state index contributed by atoms with van der Waals surface area (Å²) in [7, 11) is 0. The lowest BCUT2D eigenvalue weighted by Crippen LogP contribution is -2.30. The fraction of sp³-hybridized carbons (Fsp3) is 0.500. The molecule has 6 heteroatoms. The fourth-order valence-electron chi connectivity index (χ4n) is 1.93. The van der Waals surface area contributed by atoms with Crippen LogP contribution in [0.3, 0.4) is 0 Å². The molecular weight excluding hydrogens is 329 g/mol. The molecule has 2 atom stereocenters. The van der Waals surface area contributed by atoms with Crippen LogP contribution in [0.5, 0.6) is 0 Å². The highest BCUT2D eigenvalue weighted by atomic mass is 79.9. The smallest absolute Gasteiger partial charge is 0.253 e. The highest BCUT2D eigenvalue weighted by molar-refractivity contribution is 9.10. The number of rotatable bonds is 5. The molecule has 0 aromatic heterocycles. The first-order valence-corrected chi connectivity index (χ1v) is 7.34. The van der Waals surface area contributed by atoms with Gasteiger partial charge in [0.2, 0.25) is 0 Å². The molecule has 1 saturated heterocycles. The normalized spacial score (nSPS) is 19.9. The first-order chi connectivity index (χ1) is 9.56. The van der Waals surface area contributed by atoms with Crippen LogP contribution >= 0.6 is 15.9 Å². The first kappa shape index (κ1) is 15.4. The van der Waals surface area contributed by atoms with Crippen LogP contribution in [0, 0.1) is 5.82 Å². The van der Waals surface area contributed by atoms with Crippen molar-refractivity contribution in [2.75, 3.05) is 18.5 Å². The number of nitrogens with one attached hydrogen (secondary N) is 1. The SMILES string of the molecule is C[C@@H](OC[C@H]1CCCO1)C(=O)Nc1cc(Br)ccc1F. The van der Waals surface area contributed by atoms with Crippen LogP contribution < -0.4 is 5.32 Å². The van der Waals surface area contributed by atoms with E-state index >= 15 is 0 Å². The van der Waals surface area contributed by atoms with Gasteiger partial charge in [0, 0.05) is 11.1 Å². The molecule has 0 radical (unpaired) electrons. The second kappa shape index (κ2) is 7.15. The van der Waals surface area contributed by atoms with Gasteiger partial charge in [0.1, 0.15) is 11.9 Å². The average Bonchev–Trinajstić information content (AvgIpc) is 2.93. The lowest BCUT2D eigenvalue weighted by Gasteiger charge is -2.16. The maximum absolute atomic E-state index is 13.5. The van der Waals surface area contributed by atoms with E-state index in [1.54, 1.807) is 13.0 Å². The summed E-state index contributed by atoms with van der Waals surface area (Å²) in [6.07, 6.45) is 1.39. The van der Waals surface area contributed by atoms with Crippen molar-refractivity contribution in [2.24, 2.45) is 0 Å². The molecule has 1 heterocycles. The molecule has 0 aliphatic carbocycles. The average molecular weight is 346 g/mol. The quantitative estimate of drug-likeness (QED) is 0.891. The minimum Gasteiger partial charge on any atom is -0.376 e. The lowest BCUT2D eigenvalue weighted by molar-refractivity contribution is -0.128. The Morgan fingerprint density at radius 2 is 2.45 bits per heavy atom. The Morgan fingerprint density at radius 1 is 1.65 bits per heavy atom. The topological polar surface area (TPSA) is 47.6 Å². The third kappa shape index (κ3) is 4.26. The molecule has 110 valence electrons. The molecule has 0 saturated carbocycles. The molecule has 1 aromatic carbocycles. The Hall–Kier alpha value is -0.980. The Labute approximate surface area is 125 Å².